The van der Waals surface area contributed by atoms with Crippen LogP contribution in [0.5, 0.6) is 0 Å². The monoisotopic (exact) mass is 169 g/mol. The Morgan fingerprint density at radius 3 is 2.25 bits per heavy atom. The van der Waals surface area contributed by atoms with Crippen molar-refractivity contribution in [2.45, 2.75) is 56.6 Å². The van der Waals surface area contributed by atoms with Crippen LogP contribution in [-0.2, 0) is 4.74 Å². The summed E-state index contributed by atoms with van der Waals surface area (Å²) in [6.07, 6.45) is 8.85. The third-order valence-corrected chi connectivity index (χ3v) is 3.44. The van der Waals surface area contributed by atoms with Crippen molar-refractivity contribution in [1.82, 2.24) is 0 Å². The van der Waals surface area contributed by atoms with Crippen LogP contribution >= 0.6 is 0 Å². The first-order valence-corrected chi connectivity index (χ1v) is 5.23. The van der Waals surface area contributed by atoms with Crippen molar-refractivity contribution in [2.75, 3.05) is 6.61 Å². The molecule has 1 saturated heterocycles. The van der Waals surface area contributed by atoms with E-state index in [1.54, 1.807) is 0 Å². The van der Waals surface area contributed by atoms with Crippen molar-refractivity contribution in [3.63, 3.8) is 0 Å². The van der Waals surface area contributed by atoms with Crippen LogP contribution in [0.25, 0.3) is 0 Å². The summed E-state index contributed by atoms with van der Waals surface area (Å²) < 4.78 is 5.85. The van der Waals surface area contributed by atoms with Gasteiger partial charge in [0.1, 0.15) is 0 Å². The van der Waals surface area contributed by atoms with Crippen molar-refractivity contribution >= 4 is 0 Å². The number of hydrogen-bond donors (Lipinski definition) is 1. The molecule has 2 N–H and O–H groups in total. The summed E-state index contributed by atoms with van der Waals surface area (Å²) >= 11 is 0. The molecule has 1 unspecified atom stereocenters. The Hall–Kier alpha value is -0.0800. The quantitative estimate of drug-likeness (QED) is 0.600. The molecule has 1 heterocycles. The van der Waals surface area contributed by atoms with Gasteiger partial charge in [-0.25, -0.2) is 0 Å². The summed E-state index contributed by atoms with van der Waals surface area (Å²) in [4.78, 5) is 0. The summed E-state index contributed by atoms with van der Waals surface area (Å²) in [6.45, 7) is 0.890. The minimum Gasteiger partial charge on any atom is -0.373 e. The fourth-order valence-corrected chi connectivity index (χ4v) is 2.60. The third kappa shape index (κ3) is 1.38. The van der Waals surface area contributed by atoms with E-state index in [0.29, 0.717) is 6.04 Å². The van der Waals surface area contributed by atoms with Crippen LogP contribution in [0.15, 0.2) is 0 Å². The molecule has 1 atom stereocenters. The zero-order valence-electron chi connectivity index (χ0n) is 7.72. The van der Waals surface area contributed by atoms with Gasteiger partial charge in [0.2, 0.25) is 0 Å². The van der Waals surface area contributed by atoms with Crippen LogP contribution in [0.2, 0.25) is 0 Å². The van der Waals surface area contributed by atoms with Crippen LogP contribution in [0.1, 0.15) is 44.9 Å². The lowest BCUT2D eigenvalue weighted by Crippen LogP contribution is -2.44. The van der Waals surface area contributed by atoms with Crippen LogP contribution < -0.4 is 5.73 Å². The van der Waals surface area contributed by atoms with E-state index < -0.39 is 0 Å². The molecule has 1 aliphatic heterocycles. The van der Waals surface area contributed by atoms with Gasteiger partial charge in [-0.1, -0.05) is 25.7 Å². The van der Waals surface area contributed by atoms with Crippen LogP contribution in [0, 0.1) is 0 Å². The molecule has 12 heavy (non-hydrogen) atoms. The van der Waals surface area contributed by atoms with E-state index >= 15 is 0 Å². The molecule has 1 aliphatic carbocycles. The lowest BCUT2D eigenvalue weighted by Gasteiger charge is -2.31. The second-order valence-corrected chi connectivity index (χ2v) is 4.22. The normalized spacial score (nSPS) is 35.2. The SMILES string of the molecule is NC1CCOC12CCCCCC2. The van der Waals surface area contributed by atoms with Crippen molar-refractivity contribution in [3.05, 3.63) is 0 Å². The van der Waals surface area contributed by atoms with Crippen LogP contribution in [-0.4, -0.2) is 18.2 Å². The van der Waals surface area contributed by atoms with Gasteiger partial charge >= 0.3 is 0 Å². The average molecular weight is 169 g/mol. The molecule has 2 rings (SSSR count). The molecular weight excluding hydrogens is 150 g/mol. The number of nitrogens with two attached hydrogens (primary N) is 1. The molecule has 2 heteroatoms. The Labute approximate surface area is 74.5 Å². The Balaban J connectivity index is 2.05. The van der Waals surface area contributed by atoms with Crippen molar-refractivity contribution < 1.29 is 4.74 Å². The molecule has 0 aromatic rings. The van der Waals surface area contributed by atoms with Crippen LogP contribution in [0.4, 0.5) is 0 Å². The second-order valence-electron chi connectivity index (χ2n) is 4.22. The molecule has 2 nitrogen and oxygen atoms in total. The topological polar surface area (TPSA) is 35.2 Å². The maximum absolute atomic E-state index is 6.09. The first kappa shape index (κ1) is 8.52. The highest BCUT2D eigenvalue weighted by Crippen LogP contribution is 2.37. The predicted octanol–water partition coefficient (Wildman–Crippen LogP) is 1.83. The van der Waals surface area contributed by atoms with Gasteiger partial charge in [0.05, 0.1) is 5.60 Å². The number of rotatable bonds is 0. The Kier molecular flexibility index (Phi) is 2.37. The molecule has 2 aliphatic rings. The largest absolute Gasteiger partial charge is 0.373 e. The van der Waals surface area contributed by atoms with Crippen molar-refractivity contribution in [2.24, 2.45) is 5.73 Å². The first-order valence-electron chi connectivity index (χ1n) is 5.23. The minimum absolute atomic E-state index is 0.0938. The smallest absolute Gasteiger partial charge is 0.0833 e. The number of hydrogen-bond acceptors (Lipinski definition) is 2. The van der Waals surface area contributed by atoms with E-state index in [2.05, 4.69) is 0 Å². The molecule has 0 amide bonds. The summed E-state index contributed by atoms with van der Waals surface area (Å²) in [7, 11) is 0. The fourth-order valence-electron chi connectivity index (χ4n) is 2.60. The molecule has 0 bridgehead atoms. The molecule has 2 fully saturated rings. The van der Waals surface area contributed by atoms with E-state index in [0.717, 1.165) is 13.0 Å². The average Bonchev–Trinajstić information content (AvgIpc) is 2.33. The highest BCUT2D eigenvalue weighted by atomic mass is 16.5. The molecule has 0 aromatic heterocycles. The molecular formula is C10H19NO. The highest BCUT2D eigenvalue weighted by molar-refractivity contribution is 4.96. The minimum atomic E-state index is 0.0938. The van der Waals surface area contributed by atoms with Gasteiger partial charge in [-0.3, -0.25) is 0 Å². The van der Waals surface area contributed by atoms with E-state index in [1.807, 2.05) is 0 Å². The summed E-state index contributed by atoms with van der Waals surface area (Å²) in [5, 5.41) is 0. The van der Waals surface area contributed by atoms with Gasteiger partial charge in [0.25, 0.3) is 0 Å². The van der Waals surface area contributed by atoms with Gasteiger partial charge in [-0.2, -0.15) is 0 Å². The zero-order valence-corrected chi connectivity index (χ0v) is 7.72. The van der Waals surface area contributed by atoms with E-state index in [1.165, 1.54) is 38.5 Å². The highest BCUT2D eigenvalue weighted by Gasteiger charge is 2.41. The lowest BCUT2D eigenvalue weighted by atomic mass is 9.87. The molecule has 0 aromatic carbocycles. The Morgan fingerprint density at radius 2 is 1.75 bits per heavy atom. The predicted molar refractivity (Wildman–Crippen MR) is 49.0 cm³/mol. The van der Waals surface area contributed by atoms with E-state index in [-0.39, 0.29) is 5.60 Å². The van der Waals surface area contributed by atoms with Gasteiger partial charge in [0.15, 0.2) is 0 Å². The lowest BCUT2D eigenvalue weighted by molar-refractivity contribution is -0.0163. The van der Waals surface area contributed by atoms with E-state index in [9.17, 15) is 0 Å². The molecule has 1 saturated carbocycles. The Bertz CT molecular complexity index is 150. The molecule has 1 spiro atoms. The molecule has 0 radical (unpaired) electrons. The van der Waals surface area contributed by atoms with Crippen LogP contribution in [0.3, 0.4) is 0 Å². The van der Waals surface area contributed by atoms with Crippen molar-refractivity contribution in [1.29, 1.82) is 0 Å². The Morgan fingerprint density at radius 1 is 1.08 bits per heavy atom. The maximum Gasteiger partial charge on any atom is 0.0833 e. The fraction of sp³-hybridized carbons (Fsp3) is 1.00. The second kappa shape index (κ2) is 3.35. The maximum atomic E-state index is 6.09. The summed E-state index contributed by atoms with van der Waals surface area (Å²) in [5.41, 5.74) is 6.18. The van der Waals surface area contributed by atoms with Gasteiger partial charge in [-0.05, 0) is 19.3 Å². The van der Waals surface area contributed by atoms with Gasteiger partial charge in [0, 0.05) is 12.6 Å². The summed E-state index contributed by atoms with van der Waals surface area (Å²) in [6, 6.07) is 0.315. The first-order chi connectivity index (χ1) is 5.83. The standard InChI is InChI=1S/C10H19NO/c11-9-5-8-12-10(9)6-3-1-2-4-7-10/h9H,1-8,11H2. The third-order valence-electron chi connectivity index (χ3n) is 3.44. The van der Waals surface area contributed by atoms with Gasteiger partial charge < -0.3 is 10.5 Å². The zero-order chi connectivity index (χ0) is 8.44. The van der Waals surface area contributed by atoms with E-state index in [4.69, 9.17) is 10.5 Å². The number of ether oxygens (including phenoxy) is 1. The summed E-state index contributed by atoms with van der Waals surface area (Å²) in [5.74, 6) is 0. The van der Waals surface area contributed by atoms with Crippen molar-refractivity contribution in [3.8, 4) is 0 Å². The van der Waals surface area contributed by atoms with Gasteiger partial charge in [-0.15, -0.1) is 0 Å². The molecule has 70 valence electrons.